The molecule has 138 valence electrons. The van der Waals surface area contributed by atoms with Crippen molar-refractivity contribution in [3.63, 3.8) is 0 Å². The lowest BCUT2D eigenvalue weighted by molar-refractivity contribution is 0.477. The molecule has 1 atom stereocenters. The molecule has 1 N–H and O–H groups in total. The van der Waals surface area contributed by atoms with Crippen LogP contribution in [0, 0.1) is 0 Å². The van der Waals surface area contributed by atoms with E-state index >= 15 is 0 Å². The molecule has 0 amide bonds. The SMILES string of the molecule is CCNC(=NCCS(=O)C(C)(C)C)N(C)Cc1ccc(Br)cc1.I. The summed E-state index contributed by atoms with van der Waals surface area (Å²) in [6.45, 7) is 10.2. The number of hydrogen-bond donors (Lipinski definition) is 1. The minimum atomic E-state index is -0.870. The summed E-state index contributed by atoms with van der Waals surface area (Å²) in [5.41, 5.74) is 1.22. The van der Waals surface area contributed by atoms with Crippen LogP contribution in [0.5, 0.6) is 0 Å². The van der Waals surface area contributed by atoms with Crippen LogP contribution in [-0.4, -0.2) is 45.7 Å². The maximum Gasteiger partial charge on any atom is 0.193 e. The smallest absolute Gasteiger partial charge is 0.193 e. The van der Waals surface area contributed by atoms with Crippen molar-refractivity contribution in [3.05, 3.63) is 34.3 Å². The van der Waals surface area contributed by atoms with Crippen LogP contribution in [0.4, 0.5) is 0 Å². The van der Waals surface area contributed by atoms with Gasteiger partial charge in [0.1, 0.15) is 0 Å². The summed E-state index contributed by atoms with van der Waals surface area (Å²) < 4.78 is 13.0. The molecule has 0 saturated carbocycles. The highest BCUT2D eigenvalue weighted by atomic mass is 127. The first kappa shape index (κ1) is 23.9. The van der Waals surface area contributed by atoms with Crippen LogP contribution < -0.4 is 5.32 Å². The van der Waals surface area contributed by atoms with Crippen molar-refractivity contribution in [3.8, 4) is 0 Å². The maximum atomic E-state index is 12.1. The summed E-state index contributed by atoms with van der Waals surface area (Å²) in [5, 5.41) is 3.29. The predicted molar refractivity (Wildman–Crippen MR) is 120 cm³/mol. The highest BCUT2D eigenvalue weighted by Crippen LogP contribution is 2.12. The summed E-state index contributed by atoms with van der Waals surface area (Å²) in [5.74, 6) is 1.44. The van der Waals surface area contributed by atoms with E-state index in [0.717, 1.165) is 23.5 Å². The van der Waals surface area contributed by atoms with E-state index in [1.165, 1.54) is 5.56 Å². The van der Waals surface area contributed by atoms with Gasteiger partial charge in [0.25, 0.3) is 0 Å². The molecule has 1 rings (SSSR count). The lowest BCUT2D eigenvalue weighted by atomic mass is 10.2. The molecule has 4 nitrogen and oxygen atoms in total. The molecule has 0 radical (unpaired) electrons. The van der Waals surface area contributed by atoms with E-state index in [-0.39, 0.29) is 28.7 Å². The highest BCUT2D eigenvalue weighted by molar-refractivity contribution is 14.0. The van der Waals surface area contributed by atoms with E-state index in [1.54, 1.807) is 0 Å². The van der Waals surface area contributed by atoms with Gasteiger partial charge in [0.05, 0.1) is 6.54 Å². The van der Waals surface area contributed by atoms with Gasteiger partial charge in [-0.25, -0.2) is 0 Å². The summed E-state index contributed by atoms with van der Waals surface area (Å²) in [6, 6.07) is 8.27. The normalized spacial score (nSPS) is 13.2. The molecule has 24 heavy (non-hydrogen) atoms. The molecule has 1 unspecified atom stereocenters. The Hall–Kier alpha value is -0.150. The topological polar surface area (TPSA) is 44.7 Å². The van der Waals surface area contributed by atoms with E-state index in [2.05, 4.69) is 50.2 Å². The van der Waals surface area contributed by atoms with Crippen LogP contribution >= 0.6 is 39.9 Å². The number of aliphatic imine (C=N–C) groups is 1. The molecule has 0 fully saturated rings. The number of nitrogens with zero attached hydrogens (tertiary/aromatic N) is 2. The second-order valence-corrected chi connectivity index (χ2v) is 9.62. The van der Waals surface area contributed by atoms with Gasteiger partial charge in [-0.15, -0.1) is 24.0 Å². The quantitative estimate of drug-likeness (QED) is 0.344. The minimum absolute atomic E-state index is 0. The van der Waals surface area contributed by atoms with E-state index in [1.807, 2.05) is 40.0 Å². The van der Waals surface area contributed by atoms with Crippen molar-refractivity contribution in [2.45, 2.75) is 39.0 Å². The summed E-state index contributed by atoms with van der Waals surface area (Å²) in [7, 11) is 1.15. The molecule has 0 aliphatic rings. The molecule has 0 heterocycles. The monoisotopic (exact) mass is 529 g/mol. The molecule has 7 heteroatoms. The Kier molecular flexibility index (Phi) is 11.4. The van der Waals surface area contributed by atoms with Crippen molar-refractivity contribution in [1.82, 2.24) is 10.2 Å². The fourth-order valence-electron chi connectivity index (χ4n) is 1.95. The zero-order chi connectivity index (χ0) is 17.5. The lowest BCUT2D eigenvalue weighted by Crippen LogP contribution is -2.39. The van der Waals surface area contributed by atoms with E-state index in [0.29, 0.717) is 12.3 Å². The fraction of sp³-hybridized carbons (Fsp3) is 0.588. The average molecular weight is 530 g/mol. The van der Waals surface area contributed by atoms with E-state index in [4.69, 9.17) is 0 Å². The third-order valence-electron chi connectivity index (χ3n) is 3.25. The lowest BCUT2D eigenvalue weighted by Gasteiger charge is -2.22. The molecule has 0 aliphatic carbocycles. The van der Waals surface area contributed by atoms with Gasteiger partial charge in [0.2, 0.25) is 0 Å². The Morgan fingerprint density at radius 1 is 1.29 bits per heavy atom. The van der Waals surface area contributed by atoms with Gasteiger partial charge in [0, 0.05) is 45.9 Å². The summed E-state index contributed by atoms with van der Waals surface area (Å²) in [6.07, 6.45) is 0. The third kappa shape index (κ3) is 8.80. The summed E-state index contributed by atoms with van der Waals surface area (Å²) in [4.78, 5) is 6.70. The Morgan fingerprint density at radius 2 is 1.88 bits per heavy atom. The van der Waals surface area contributed by atoms with Crippen molar-refractivity contribution in [2.75, 3.05) is 25.9 Å². The second-order valence-electron chi connectivity index (χ2n) is 6.38. The highest BCUT2D eigenvalue weighted by Gasteiger charge is 2.18. The van der Waals surface area contributed by atoms with Gasteiger partial charge in [0.15, 0.2) is 5.96 Å². The molecular weight excluding hydrogens is 501 g/mol. The number of rotatable bonds is 6. The van der Waals surface area contributed by atoms with Crippen LogP contribution in [-0.2, 0) is 17.3 Å². The van der Waals surface area contributed by atoms with Crippen LogP contribution in [0.3, 0.4) is 0 Å². The molecule has 1 aromatic carbocycles. The number of halogens is 2. The Morgan fingerprint density at radius 3 is 2.38 bits per heavy atom. The fourth-order valence-corrected chi connectivity index (χ4v) is 3.08. The van der Waals surface area contributed by atoms with Crippen LogP contribution in [0.25, 0.3) is 0 Å². The molecule has 0 aromatic heterocycles. The third-order valence-corrected chi connectivity index (χ3v) is 5.70. The first-order valence-electron chi connectivity index (χ1n) is 7.86. The first-order chi connectivity index (χ1) is 10.7. The summed E-state index contributed by atoms with van der Waals surface area (Å²) >= 11 is 3.45. The molecule has 0 bridgehead atoms. The maximum absolute atomic E-state index is 12.1. The van der Waals surface area contributed by atoms with Gasteiger partial charge in [-0.1, -0.05) is 28.1 Å². The second kappa shape index (κ2) is 11.5. The minimum Gasteiger partial charge on any atom is -0.357 e. The number of hydrogen-bond acceptors (Lipinski definition) is 2. The average Bonchev–Trinajstić information content (AvgIpc) is 2.47. The van der Waals surface area contributed by atoms with Gasteiger partial charge < -0.3 is 10.2 Å². The van der Waals surface area contributed by atoms with Crippen LogP contribution in [0.2, 0.25) is 0 Å². The van der Waals surface area contributed by atoms with Gasteiger partial charge in [-0.3, -0.25) is 9.20 Å². The molecule has 0 aliphatic heterocycles. The van der Waals surface area contributed by atoms with Gasteiger partial charge in [-0.05, 0) is 45.4 Å². The standard InChI is InChI=1S/C17H28BrN3OS.HI/c1-6-19-16(20-11-12-23(22)17(2,3)4)21(5)13-14-7-9-15(18)10-8-14;/h7-10H,6,11-13H2,1-5H3,(H,19,20);1H. The molecule has 1 aromatic rings. The molecule has 0 spiro atoms. The largest absolute Gasteiger partial charge is 0.357 e. The van der Waals surface area contributed by atoms with Crippen LogP contribution in [0.15, 0.2) is 33.7 Å². The Balaban J connectivity index is 0.00000529. The van der Waals surface area contributed by atoms with Crippen LogP contribution in [0.1, 0.15) is 33.3 Å². The number of guanidine groups is 1. The van der Waals surface area contributed by atoms with Gasteiger partial charge >= 0.3 is 0 Å². The van der Waals surface area contributed by atoms with Crippen molar-refractivity contribution in [2.24, 2.45) is 4.99 Å². The Bertz CT molecular complexity index is 544. The zero-order valence-electron chi connectivity index (χ0n) is 15.1. The first-order valence-corrected chi connectivity index (χ1v) is 9.97. The predicted octanol–water partition coefficient (Wildman–Crippen LogP) is 4.01. The number of nitrogens with one attached hydrogen (secondary N) is 1. The molecular formula is C17H29BrIN3OS. The number of benzene rings is 1. The van der Waals surface area contributed by atoms with Crippen molar-refractivity contribution >= 4 is 56.7 Å². The zero-order valence-corrected chi connectivity index (χ0v) is 19.9. The van der Waals surface area contributed by atoms with Crippen molar-refractivity contribution < 1.29 is 4.21 Å². The van der Waals surface area contributed by atoms with Gasteiger partial charge in [-0.2, -0.15) is 0 Å². The Labute approximate surface area is 174 Å². The molecule has 0 saturated heterocycles. The van der Waals surface area contributed by atoms with Crippen molar-refractivity contribution in [1.29, 1.82) is 0 Å². The van der Waals surface area contributed by atoms with E-state index in [9.17, 15) is 4.21 Å². The van der Waals surface area contributed by atoms with E-state index < -0.39 is 10.8 Å².